The number of halogens is 1. The van der Waals surface area contributed by atoms with Gasteiger partial charge in [0.2, 0.25) is 0 Å². The number of carbonyl (C=O) groups excluding carboxylic acids is 1. The van der Waals surface area contributed by atoms with E-state index >= 15 is 0 Å². The molecule has 102 valence electrons. The molecule has 0 aliphatic carbocycles. The van der Waals surface area contributed by atoms with Crippen molar-refractivity contribution in [3.63, 3.8) is 0 Å². The molecule has 2 rings (SSSR count). The molecule has 0 heterocycles. The summed E-state index contributed by atoms with van der Waals surface area (Å²) in [4.78, 5) is 12.0. The third-order valence-corrected chi connectivity index (χ3v) is 3.21. The molecule has 20 heavy (non-hydrogen) atoms. The molecule has 0 aromatic heterocycles. The van der Waals surface area contributed by atoms with Crippen molar-refractivity contribution in [1.29, 1.82) is 0 Å². The Kier molecular flexibility index (Phi) is 4.58. The predicted octanol–water partition coefficient (Wildman–Crippen LogP) is 4.35. The number of benzene rings is 2. The molecular formula is C16H14BrNO2. The van der Waals surface area contributed by atoms with Gasteiger partial charge in [-0.25, -0.2) is 0 Å². The first kappa shape index (κ1) is 14.3. The minimum absolute atomic E-state index is 0.0544. The fourth-order valence-corrected chi connectivity index (χ4v) is 1.97. The number of hydrogen-bond acceptors (Lipinski definition) is 3. The highest BCUT2D eigenvalue weighted by Crippen LogP contribution is 2.16. The zero-order valence-corrected chi connectivity index (χ0v) is 12.5. The summed E-state index contributed by atoms with van der Waals surface area (Å²) in [5, 5.41) is 12.3. The Bertz CT molecular complexity index is 631. The minimum atomic E-state index is -0.0544. The number of rotatable bonds is 4. The molecule has 0 fully saturated rings. The lowest BCUT2D eigenvalue weighted by molar-refractivity contribution is 0.104. The van der Waals surface area contributed by atoms with Crippen LogP contribution in [0.3, 0.4) is 0 Å². The van der Waals surface area contributed by atoms with Gasteiger partial charge in [-0.15, -0.1) is 0 Å². The van der Waals surface area contributed by atoms with Crippen LogP contribution in [0.5, 0.6) is 5.75 Å². The van der Waals surface area contributed by atoms with Crippen LogP contribution in [-0.2, 0) is 0 Å². The average Bonchev–Trinajstić information content (AvgIpc) is 2.42. The number of phenols is 1. The van der Waals surface area contributed by atoms with Crippen LogP contribution in [-0.4, -0.2) is 10.9 Å². The molecule has 0 atom stereocenters. The molecule has 0 spiro atoms. The fraction of sp³-hybridized carbons (Fsp3) is 0.0625. The highest BCUT2D eigenvalue weighted by atomic mass is 79.9. The van der Waals surface area contributed by atoms with Gasteiger partial charge in [0.15, 0.2) is 5.78 Å². The van der Waals surface area contributed by atoms with Crippen LogP contribution in [0.25, 0.3) is 0 Å². The van der Waals surface area contributed by atoms with Crippen molar-refractivity contribution in [3.05, 3.63) is 70.3 Å². The standard InChI is InChI=1S/C16H14BrNO2/c1-11(18-14-6-8-15(19)9-7-14)10-16(20)12-2-4-13(17)5-3-12/h2-10,18-19H,1H3/b11-10+. The van der Waals surface area contributed by atoms with Crippen molar-refractivity contribution < 1.29 is 9.90 Å². The molecule has 0 aliphatic rings. The summed E-state index contributed by atoms with van der Waals surface area (Å²) in [6, 6.07) is 13.9. The minimum Gasteiger partial charge on any atom is -0.508 e. The average molecular weight is 332 g/mol. The van der Waals surface area contributed by atoms with Gasteiger partial charge in [0.25, 0.3) is 0 Å². The van der Waals surface area contributed by atoms with Crippen LogP contribution in [0.2, 0.25) is 0 Å². The monoisotopic (exact) mass is 331 g/mol. The summed E-state index contributed by atoms with van der Waals surface area (Å²) in [6.07, 6.45) is 1.55. The number of anilines is 1. The topological polar surface area (TPSA) is 49.3 Å². The van der Waals surface area contributed by atoms with Gasteiger partial charge < -0.3 is 10.4 Å². The smallest absolute Gasteiger partial charge is 0.187 e. The van der Waals surface area contributed by atoms with Gasteiger partial charge in [0.05, 0.1) is 0 Å². The number of allylic oxidation sites excluding steroid dienone is 2. The number of carbonyl (C=O) groups is 1. The second kappa shape index (κ2) is 6.39. The summed E-state index contributed by atoms with van der Waals surface area (Å²) >= 11 is 3.34. The van der Waals surface area contributed by atoms with Gasteiger partial charge in [-0.1, -0.05) is 15.9 Å². The maximum Gasteiger partial charge on any atom is 0.187 e. The molecule has 2 aromatic carbocycles. The van der Waals surface area contributed by atoms with E-state index in [1.165, 1.54) is 0 Å². The quantitative estimate of drug-likeness (QED) is 0.497. The van der Waals surface area contributed by atoms with Crippen LogP contribution in [0.1, 0.15) is 17.3 Å². The molecule has 0 saturated carbocycles. The molecule has 4 heteroatoms. The molecule has 2 N–H and O–H groups in total. The molecule has 0 aliphatic heterocycles. The van der Waals surface area contributed by atoms with Gasteiger partial charge in [-0.2, -0.15) is 0 Å². The van der Waals surface area contributed by atoms with E-state index in [9.17, 15) is 9.90 Å². The van der Waals surface area contributed by atoms with Crippen molar-refractivity contribution in [3.8, 4) is 5.75 Å². The molecule has 0 radical (unpaired) electrons. The summed E-state index contributed by atoms with van der Waals surface area (Å²) < 4.78 is 0.942. The zero-order valence-electron chi connectivity index (χ0n) is 10.9. The summed E-state index contributed by atoms with van der Waals surface area (Å²) in [7, 11) is 0. The molecule has 0 unspecified atom stereocenters. The van der Waals surface area contributed by atoms with Crippen LogP contribution < -0.4 is 5.32 Å². The normalized spacial score (nSPS) is 11.2. The van der Waals surface area contributed by atoms with Gasteiger partial charge >= 0.3 is 0 Å². The molecule has 0 bridgehead atoms. The highest BCUT2D eigenvalue weighted by molar-refractivity contribution is 9.10. The van der Waals surface area contributed by atoms with E-state index in [4.69, 9.17) is 0 Å². The van der Waals surface area contributed by atoms with Crippen LogP contribution >= 0.6 is 15.9 Å². The first-order chi connectivity index (χ1) is 9.54. The lowest BCUT2D eigenvalue weighted by Gasteiger charge is -2.06. The van der Waals surface area contributed by atoms with Crippen molar-refractivity contribution in [2.75, 3.05) is 5.32 Å². The number of hydrogen-bond donors (Lipinski definition) is 2. The van der Waals surface area contributed by atoms with E-state index in [0.29, 0.717) is 5.56 Å². The van der Waals surface area contributed by atoms with Gasteiger partial charge in [0, 0.05) is 27.5 Å². The summed E-state index contributed by atoms with van der Waals surface area (Å²) in [6.45, 7) is 1.82. The number of aromatic hydroxyl groups is 1. The Morgan fingerprint density at radius 1 is 1.10 bits per heavy atom. The molecular weight excluding hydrogens is 318 g/mol. The maximum absolute atomic E-state index is 12.0. The van der Waals surface area contributed by atoms with Crippen LogP contribution in [0.4, 0.5) is 5.69 Å². The van der Waals surface area contributed by atoms with Gasteiger partial charge in [0.1, 0.15) is 5.75 Å². The Morgan fingerprint density at radius 3 is 2.30 bits per heavy atom. The van der Waals surface area contributed by atoms with Gasteiger partial charge in [-0.05, 0) is 55.5 Å². The van der Waals surface area contributed by atoms with Crippen molar-refractivity contribution >= 4 is 27.4 Å². The van der Waals surface area contributed by atoms with Crippen molar-refractivity contribution in [2.45, 2.75) is 6.92 Å². The largest absolute Gasteiger partial charge is 0.508 e. The first-order valence-corrected chi connectivity index (χ1v) is 6.88. The summed E-state index contributed by atoms with van der Waals surface area (Å²) in [5.41, 5.74) is 2.20. The maximum atomic E-state index is 12.0. The third kappa shape index (κ3) is 3.96. The Balaban J connectivity index is 2.07. The lowest BCUT2D eigenvalue weighted by atomic mass is 10.1. The zero-order chi connectivity index (χ0) is 14.5. The van der Waals surface area contributed by atoms with E-state index in [2.05, 4.69) is 21.2 Å². The second-order valence-electron chi connectivity index (χ2n) is 4.37. The van der Waals surface area contributed by atoms with Gasteiger partial charge in [-0.3, -0.25) is 4.79 Å². The van der Waals surface area contributed by atoms with E-state index in [1.807, 2.05) is 19.1 Å². The van der Waals surface area contributed by atoms with E-state index in [0.717, 1.165) is 15.9 Å². The number of nitrogens with one attached hydrogen (secondary N) is 1. The Morgan fingerprint density at radius 2 is 1.70 bits per heavy atom. The van der Waals surface area contributed by atoms with E-state index in [1.54, 1.807) is 42.5 Å². The number of phenolic OH excluding ortho intramolecular Hbond substituents is 1. The lowest BCUT2D eigenvalue weighted by Crippen LogP contribution is -2.01. The van der Waals surface area contributed by atoms with Crippen LogP contribution in [0, 0.1) is 0 Å². The highest BCUT2D eigenvalue weighted by Gasteiger charge is 2.03. The van der Waals surface area contributed by atoms with Crippen molar-refractivity contribution in [2.24, 2.45) is 0 Å². The first-order valence-electron chi connectivity index (χ1n) is 6.09. The SMILES string of the molecule is C/C(=C\C(=O)c1ccc(Br)cc1)Nc1ccc(O)cc1. The van der Waals surface area contributed by atoms with Crippen LogP contribution in [0.15, 0.2) is 64.8 Å². The predicted molar refractivity (Wildman–Crippen MR) is 84.0 cm³/mol. The second-order valence-corrected chi connectivity index (χ2v) is 5.29. The Hall–Kier alpha value is -2.07. The molecule has 0 amide bonds. The van der Waals surface area contributed by atoms with Crippen molar-refractivity contribution in [1.82, 2.24) is 0 Å². The molecule has 2 aromatic rings. The fourth-order valence-electron chi connectivity index (χ4n) is 1.70. The number of ketones is 1. The third-order valence-electron chi connectivity index (χ3n) is 2.69. The van der Waals surface area contributed by atoms with E-state index in [-0.39, 0.29) is 11.5 Å². The Labute approximate surface area is 126 Å². The summed E-state index contributed by atoms with van der Waals surface area (Å²) in [5.74, 6) is 0.157. The molecule has 0 saturated heterocycles. The molecule has 3 nitrogen and oxygen atoms in total. The van der Waals surface area contributed by atoms with E-state index < -0.39 is 0 Å².